The summed E-state index contributed by atoms with van der Waals surface area (Å²) in [6.07, 6.45) is 0.259. The molecule has 3 aromatic rings. The minimum Gasteiger partial charge on any atom is -0.354 e. The number of rotatable bonds is 7. The third-order valence-electron chi connectivity index (χ3n) is 4.65. The highest BCUT2D eigenvalue weighted by atomic mass is 16.2. The smallest absolute Gasteiger partial charge is 0.239 e. The van der Waals surface area contributed by atoms with Gasteiger partial charge in [0.05, 0.1) is 13.0 Å². The SMILES string of the molecule is C[C@H](CNC(=O)CNC(=O)Cc1cccc2ccccc12)c1ccccc1. The molecule has 0 saturated carbocycles. The number of carbonyl (C=O) groups excluding carboxylic acids is 2. The van der Waals surface area contributed by atoms with E-state index in [9.17, 15) is 9.59 Å². The Kier molecular flexibility index (Phi) is 6.21. The summed E-state index contributed by atoms with van der Waals surface area (Å²) in [6, 6.07) is 23.9. The quantitative estimate of drug-likeness (QED) is 0.678. The first-order valence-corrected chi connectivity index (χ1v) is 9.18. The number of amides is 2. The van der Waals surface area contributed by atoms with E-state index in [4.69, 9.17) is 0 Å². The topological polar surface area (TPSA) is 58.2 Å². The van der Waals surface area contributed by atoms with E-state index in [-0.39, 0.29) is 30.7 Å². The number of hydrogen-bond acceptors (Lipinski definition) is 2. The molecule has 0 saturated heterocycles. The minimum absolute atomic E-state index is 0.00882. The monoisotopic (exact) mass is 360 g/mol. The molecule has 0 heterocycles. The van der Waals surface area contributed by atoms with Crippen molar-refractivity contribution in [2.24, 2.45) is 0 Å². The van der Waals surface area contributed by atoms with Crippen LogP contribution in [-0.2, 0) is 16.0 Å². The molecule has 3 aromatic carbocycles. The highest BCUT2D eigenvalue weighted by molar-refractivity contribution is 5.91. The largest absolute Gasteiger partial charge is 0.354 e. The van der Waals surface area contributed by atoms with E-state index in [1.165, 1.54) is 5.56 Å². The van der Waals surface area contributed by atoms with Crippen molar-refractivity contribution >= 4 is 22.6 Å². The average molecular weight is 360 g/mol. The van der Waals surface area contributed by atoms with Gasteiger partial charge >= 0.3 is 0 Å². The molecule has 0 aliphatic carbocycles. The Hall–Kier alpha value is -3.14. The van der Waals surface area contributed by atoms with E-state index in [2.05, 4.69) is 17.6 Å². The van der Waals surface area contributed by atoms with Crippen molar-refractivity contribution < 1.29 is 9.59 Å². The Morgan fingerprint density at radius 1 is 0.815 bits per heavy atom. The van der Waals surface area contributed by atoms with E-state index in [1.54, 1.807) is 0 Å². The Balaban J connectivity index is 1.46. The van der Waals surface area contributed by atoms with Gasteiger partial charge in [-0.05, 0) is 27.8 Å². The first-order valence-electron chi connectivity index (χ1n) is 9.18. The standard InChI is InChI=1S/C23H24N2O2/c1-17(18-8-3-2-4-9-18)15-24-23(27)16-25-22(26)14-20-12-7-11-19-10-5-6-13-21(19)20/h2-13,17H,14-16H2,1H3,(H,24,27)(H,25,26)/t17-/m1/s1. The van der Waals surface area contributed by atoms with Crippen LogP contribution in [0.3, 0.4) is 0 Å². The number of carbonyl (C=O) groups is 2. The lowest BCUT2D eigenvalue weighted by atomic mass is 10.0. The maximum absolute atomic E-state index is 12.2. The van der Waals surface area contributed by atoms with Crippen molar-refractivity contribution in [1.29, 1.82) is 0 Å². The Bertz CT molecular complexity index is 917. The number of benzene rings is 3. The molecule has 0 bridgehead atoms. The van der Waals surface area contributed by atoms with Crippen LogP contribution in [0.2, 0.25) is 0 Å². The van der Waals surface area contributed by atoms with E-state index >= 15 is 0 Å². The van der Waals surface area contributed by atoms with E-state index in [0.717, 1.165) is 16.3 Å². The molecule has 27 heavy (non-hydrogen) atoms. The predicted octanol–water partition coefficient (Wildman–Crippen LogP) is 3.42. The molecule has 2 amide bonds. The van der Waals surface area contributed by atoms with Crippen LogP contribution in [0.15, 0.2) is 72.8 Å². The molecule has 0 unspecified atom stereocenters. The normalized spacial score (nSPS) is 11.7. The molecular weight excluding hydrogens is 336 g/mol. The fraction of sp³-hybridized carbons (Fsp3) is 0.217. The van der Waals surface area contributed by atoms with Crippen LogP contribution in [-0.4, -0.2) is 24.9 Å². The second-order valence-corrected chi connectivity index (χ2v) is 6.71. The average Bonchev–Trinajstić information content (AvgIpc) is 2.71. The maximum atomic E-state index is 12.2. The summed E-state index contributed by atoms with van der Waals surface area (Å²) in [5.74, 6) is -0.108. The molecule has 0 aliphatic heterocycles. The Morgan fingerprint density at radius 2 is 1.52 bits per heavy atom. The Morgan fingerprint density at radius 3 is 2.33 bits per heavy atom. The van der Waals surface area contributed by atoms with Crippen molar-refractivity contribution in [2.75, 3.05) is 13.1 Å². The van der Waals surface area contributed by atoms with Gasteiger partial charge in [0.1, 0.15) is 0 Å². The maximum Gasteiger partial charge on any atom is 0.239 e. The van der Waals surface area contributed by atoms with Crippen molar-refractivity contribution in [3.8, 4) is 0 Å². The lowest BCUT2D eigenvalue weighted by Crippen LogP contribution is -2.38. The van der Waals surface area contributed by atoms with Gasteiger partial charge in [-0.25, -0.2) is 0 Å². The molecule has 0 fully saturated rings. The lowest BCUT2D eigenvalue weighted by Gasteiger charge is -2.13. The van der Waals surface area contributed by atoms with Gasteiger partial charge in [0.15, 0.2) is 0 Å². The molecule has 2 N–H and O–H groups in total. The number of fused-ring (bicyclic) bond motifs is 1. The van der Waals surface area contributed by atoms with Crippen molar-refractivity contribution in [3.05, 3.63) is 83.9 Å². The molecule has 0 spiro atoms. The van der Waals surface area contributed by atoms with Crippen molar-refractivity contribution in [2.45, 2.75) is 19.3 Å². The summed E-state index contributed by atoms with van der Waals surface area (Å²) in [7, 11) is 0. The lowest BCUT2D eigenvalue weighted by molar-refractivity contribution is -0.125. The van der Waals surface area contributed by atoms with Gasteiger partial charge in [0.25, 0.3) is 0 Å². The highest BCUT2D eigenvalue weighted by Crippen LogP contribution is 2.18. The van der Waals surface area contributed by atoms with E-state index in [0.29, 0.717) is 6.54 Å². The molecule has 4 nitrogen and oxygen atoms in total. The van der Waals surface area contributed by atoms with Crippen LogP contribution < -0.4 is 10.6 Å². The van der Waals surface area contributed by atoms with Crippen LogP contribution in [0, 0.1) is 0 Å². The molecule has 0 aliphatic rings. The van der Waals surface area contributed by atoms with Crippen LogP contribution in [0.1, 0.15) is 24.0 Å². The zero-order valence-corrected chi connectivity index (χ0v) is 15.4. The first kappa shape index (κ1) is 18.6. The van der Waals surface area contributed by atoms with Crippen LogP contribution in [0.5, 0.6) is 0 Å². The van der Waals surface area contributed by atoms with Gasteiger partial charge in [0, 0.05) is 6.54 Å². The molecule has 138 valence electrons. The minimum atomic E-state index is -0.177. The zero-order chi connectivity index (χ0) is 19.1. The van der Waals surface area contributed by atoms with Crippen LogP contribution >= 0.6 is 0 Å². The number of nitrogens with one attached hydrogen (secondary N) is 2. The van der Waals surface area contributed by atoms with Gasteiger partial charge in [0.2, 0.25) is 11.8 Å². The molecule has 0 aromatic heterocycles. The molecular formula is C23H24N2O2. The molecule has 1 atom stereocenters. The second kappa shape index (κ2) is 8.99. The Labute approximate surface area is 159 Å². The first-order chi connectivity index (χ1) is 13.1. The van der Waals surface area contributed by atoms with Crippen molar-refractivity contribution in [1.82, 2.24) is 10.6 Å². The fourth-order valence-electron chi connectivity index (χ4n) is 3.09. The molecule has 3 rings (SSSR count). The third kappa shape index (κ3) is 5.17. The summed E-state index contributed by atoms with van der Waals surface area (Å²) in [4.78, 5) is 24.3. The molecule has 4 heteroatoms. The van der Waals surface area contributed by atoms with Gasteiger partial charge in [-0.15, -0.1) is 0 Å². The fourth-order valence-corrected chi connectivity index (χ4v) is 3.09. The number of hydrogen-bond donors (Lipinski definition) is 2. The summed E-state index contributed by atoms with van der Waals surface area (Å²) in [5, 5.41) is 7.76. The summed E-state index contributed by atoms with van der Waals surface area (Å²) in [6.45, 7) is 2.60. The van der Waals surface area contributed by atoms with E-state index < -0.39 is 0 Å². The van der Waals surface area contributed by atoms with Crippen LogP contribution in [0.25, 0.3) is 10.8 Å². The van der Waals surface area contributed by atoms with Gasteiger partial charge < -0.3 is 10.6 Å². The zero-order valence-electron chi connectivity index (χ0n) is 15.4. The highest BCUT2D eigenvalue weighted by Gasteiger charge is 2.10. The molecule has 0 radical (unpaired) electrons. The van der Waals surface area contributed by atoms with Gasteiger partial charge in [-0.2, -0.15) is 0 Å². The van der Waals surface area contributed by atoms with Crippen molar-refractivity contribution in [3.63, 3.8) is 0 Å². The van der Waals surface area contributed by atoms with Gasteiger partial charge in [-0.3, -0.25) is 9.59 Å². The van der Waals surface area contributed by atoms with E-state index in [1.807, 2.05) is 72.8 Å². The third-order valence-corrected chi connectivity index (χ3v) is 4.65. The summed E-state index contributed by atoms with van der Waals surface area (Å²) in [5.41, 5.74) is 2.14. The van der Waals surface area contributed by atoms with Crippen LogP contribution in [0.4, 0.5) is 0 Å². The predicted molar refractivity (Wildman–Crippen MR) is 109 cm³/mol. The second-order valence-electron chi connectivity index (χ2n) is 6.71. The summed E-state index contributed by atoms with van der Waals surface area (Å²) >= 11 is 0. The summed E-state index contributed by atoms with van der Waals surface area (Å²) < 4.78 is 0. The van der Waals surface area contributed by atoms with Gasteiger partial charge in [-0.1, -0.05) is 79.7 Å².